The average Bonchev–Trinajstić information content (AvgIpc) is 2.31. The minimum absolute atomic E-state index is 0.239. The zero-order valence-corrected chi connectivity index (χ0v) is 6.09. The van der Waals surface area contributed by atoms with E-state index >= 15 is 0 Å². The number of fused-ring (bicyclic) bond motifs is 1. The SMILES string of the molecule is Fc1ccnc2nc(Cl)cn12. The number of hydrogen-bond acceptors (Lipinski definition) is 2. The van der Waals surface area contributed by atoms with Crippen LogP contribution in [0.25, 0.3) is 5.78 Å². The maximum Gasteiger partial charge on any atom is 0.237 e. The fourth-order valence-corrected chi connectivity index (χ4v) is 1.01. The van der Waals surface area contributed by atoms with E-state index in [1.165, 1.54) is 22.9 Å². The molecule has 5 heteroatoms. The number of imidazole rings is 1. The Morgan fingerprint density at radius 2 is 2.36 bits per heavy atom. The van der Waals surface area contributed by atoms with Gasteiger partial charge in [0.2, 0.25) is 11.7 Å². The molecule has 3 nitrogen and oxygen atoms in total. The van der Waals surface area contributed by atoms with Gasteiger partial charge in [0, 0.05) is 12.3 Å². The predicted octanol–water partition coefficient (Wildman–Crippen LogP) is 1.52. The number of hydrogen-bond donors (Lipinski definition) is 0. The Morgan fingerprint density at radius 1 is 1.55 bits per heavy atom. The molecule has 0 atom stereocenters. The summed E-state index contributed by atoms with van der Waals surface area (Å²) in [6.07, 6.45) is 2.72. The first-order valence-electron chi connectivity index (χ1n) is 2.92. The van der Waals surface area contributed by atoms with Gasteiger partial charge in [-0.3, -0.25) is 4.40 Å². The minimum Gasteiger partial charge on any atom is -0.258 e. The molecule has 0 aliphatic carbocycles. The summed E-state index contributed by atoms with van der Waals surface area (Å²) in [4.78, 5) is 7.54. The molecule has 0 amide bonds. The second-order valence-electron chi connectivity index (χ2n) is 2.00. The highest BCUT2D eigenvalue weighted by atomic mass is 35.5. The average molecular weight is 172 g/mol. The predicted molar refractivity (Wildman–Crippen MR) is 38.0 cm³/mol. The standard InChI is InChI=1S/C6H3ClFN3/c7-4-3-11-5(8)1-2-9-6(11)10-4/h1-3H. The second kappa shape index (κ2) is 2.17. The van der Waals surface area contributed by atoms with Gasteiger partial charge in [-0.15, -0.1) is 0 Å². The molecular formula is C6H3ClFN3. The Kier molecular flexibility index (Phi) is 1.29. The molecule has 0 radical (unpaired) electrons. The highest BCUT2D eigenvalue weighted by Crippen LogP contribution is 2.08. The van der Waals surface area contributed by atoms with Crippen molar-refractivity contribution < 1.29 is 4.39 Å². The Balaban J connectivity index is 2.90. The summed E-state index contributed by atoms with van der Waals surface area (Å²) in [5.74, 6) is -0.149. The molecule has 2 aromatic heterocycles. The molecule has 0 aromatic carbocycles. The van der Waals surface area contributed by atoms with Crippen molar-refractivity contribution in [2.24, 2.45) is 0 Å². The Bertz CT molecular complexity index is 398. The molecule has 0 bridgehead atoms. The van der Waals surface area contributed by atoms with Crippen molar-refractivity contribution >= 4 is 17.4 Å². The van der Waals surface area contributed by atoms with Crippen LogP contribution in [0.1, 0.15) is 0 Å². The summed E-state index contributed by atoms with van der Waals surface area (Å²) in [5, 5.41) is 0.239. The third-order valence-corrected chi connectivity index (χ3v) is 1.47. The highest BCUT2D eigenvalue weighted by molar-refractivity contribution is 6.29. The van der Waals surface area contributed by atoms with Crippen LogP contribution >= 0.6 is 11.6 Å². The summed E-state index contributed by atoms with van der Waals surface area (Å²) < 4.78 is 14.0. The van der Waals surface area contributed by atoms with Crippen LogP contribution in [0.4, 0.5) is 4.39 Å². The topological polar surface area (TPSA) is 30.2 Å². The van der Waals surface area contributed by atoms with E-state index in [0.29, 0.717) is 0 Å². The first kappa shape index (κ1) is 6.54. The first-order chi connectivity index (χ1) is 5.27. The van der Waals surface area contributed by atoms with Gasteiger partial charge >= 0.3 is 0 Å². The molecular weight excluding hydrogens is 169 g/mol. The number of aromatic nitrogens is 3. The molecule has 0 N–H and O–H groups in total. The van der Waals surface area contributed by atoms with E-state index in [4.69, 9.17) is 11.6 Å². The third-order valence-electron chi connectivity index (χ3n) is 1.29. The van der Waals surface area contributed by atoms with Gasteiger partial charge in [0.05, 0.1) is 6.20 Å². The van der Waals surface area contributed by atoms with Crippen molar-refractivity contribution in [3.63, 3.8) is 0 Å². The van der Waals surface area contributed by atoms with Crippen molar-refractivity contribution in [1.82, 2.24) is 14.4 Å². The quantitative estimate of drug-likeness (QED) is 0.563. The van der Waals surface area contributed by atoms with Gasteiger partial charge in [0.25, 0.3) is 0 Å². The highest BCUT2D eigenvalue weighted by Gasteiger charge is 2.02. The lowest BCUT2D eigenvalue weighted by Gasteiger charge is -1.90. The maximum atomic E-state index is 12.8. The van der Waals surface area contributed by atoms with E-state index in [9.17, 15) is 4.39 Å². The van der Waals surface area contributed by atoms with Gasteiger partial charge < -0.3 is 0 Å². The Morgan fingerprint density at radius 3 is 3.09 bits per heavy atom. The maximum absolute atomic E-state index is 12.8. The summed E-state index contributed by atoms with van der Waals surface area (Å²) >= 11 is 5.52. The normalized spacial score (nSPS) is 10.7. The molecule has 0 aliphatic rings. The molecule has 11 heavy (non-hydrogen) atoms. The molecule has 56 valence electrons. The summed E-state index contributed by atoms with van der Waals surface area (Å²) in [7, 11) is 0. The van der Waals surface area contributed by atoms with Gasteiger partial charge in [0.1, 0.15) is 5.15 Å². The van der Waals surface area contributed by atoms with Crippen LogP contribution in [0.5, 0.6) is 0 Å². The van der Waals surface area contributed by atoms with Gasteiger partial charge in [-0.25, -0.2) is 4.98 Å². The molecule has 2 heterocycles. The van der Waals surface area contributed by atoms with E-state index in [1.54, 1.807) is 0 Å². The molecule has 0 unspecified atom stereocenters. The van der Waals surface area contributed by atoms with Gasteiger partial charge in [-0.1, -0.05) is 11.6 Å². The van der Waals surface area contributed by atoms with Gasteiger partial charge in [-0.05, 0) is 0 Å². The molecule has 0 fully saturated rings. The monoisotopic (exact) mass is 171 g/mol. The molecule has 0 aliphatic heterocycles. The van der Waals surface area contributed by atoms with Crippen LogP contribution in [-0.4, -0.2) is 14.4 Å². The van der Waals surface area contributed by atoms with Crippen LogP contribution in [-0.2, 0) is 0 Å². The van der Waals surface area contributed by atoms with E-state index in [0.717, 1.165) is 0 Å². The van der Waals surface area contributed by atoms with Crippen molar-refractivity contribution in [3.05, 3.63) is 29.6 Å². The number of halogens is 2. The van der Waals surface area contributed by atoms with Crippen molar-refractivity contribution in [1.29, 1.82) is 0 Å². The number of nitrogens with zero attached hydrogens (tertiary/aromatic N) is 3. The fraction of sp³-hybridized carbons (Fsp3) is 0. The minimum atomic E-state index is -0.422. The molecule has 0 spiro atoms. The Labute approximate surface area is 66.5 Å². The van der Waals surface area contributed by atoms with E-state index in [2.05, 4.69) is 9.97 Å². The smallest absolute Gasteiger partial charge is 0.237 e. The van der Waals surface area contributed by atoms with Crippen LogP contribution in [0.3, 0.4) is 0 Å². The third kappa shape index (κ3) is 0.952. The van der Waals surface area contributed by atoms with Crippen molar-refractivity contribution in [3.8, 4) is 0 Å². The lowest BCUT2D eigenvalue weighted by Crippen LogP contribution is -1.91. The molecule has 2 rings (SSSR count). The zero-order chi connectivity index (χ0) is 7.84. The van der Waals surface area contributed by atoms with Gasteiger partial charge in [0.15, 0.2) is 0 Å². The fourth-order valence-electron chi connectivity index (χ4n) is 0.837. The number of rotatable bonds is 0. The lowest BCUT2D eigenvalue weighted by molar-refractivity contribution is 0.564. The second-order valence-corrected chi connectivity index (χ2v) is 2.39. The van der Waals surface area contributed by atoms with E-state index < -0.39 is 5.95 Å². The molecule has 0 saturated heterocycles. The van der Waals surface area contributed by atoms with Crippen molar-refractivity contribution in [2.45, 2.75) is 0 Å². The first-order valence-corrected chi connectivity index (χ1v) is 3.30. The lowest BCUT2D eigenvalue weighted by atomic mass is 10.6. The van der Waals surface area contributed by atoms with Crippen LogP contribution < -0.4 is 0 Å². The summed E-state index contributed by atoms with van der Waals surface area (Å²) in [6.45, 7) is 0. The van der Waals surface area contributed by atoms with Crippen LogP contribution in [0.15, 0.2) is 18.5 Å². The summed E-state index contributed by atoms with van der Waals surface area (Å²) in [5.41, 5.74) is 0. The zero-order valence-electron chi connectivity index (χ0n) is 5.33. The Hall–Kier alpha value is -1.16. The largest absolute Gasteiger partial charge is 0.258 e. The van der Waals surface area contributed by atoms with Crippen molar-refractivity contribution in [2.75, 3.05) is 0 Å². The van der Waals surface area contributed by atoms with Crippen LogP contribution in [0, 0.1) is 5.95 Å². The molecule has 0 saturated carbocycles. The van der Waals surface area contributed by atoms with E-state index in [1.807, 2.05) is 0 Å². The van der Waals surface area contributed by atoms with E-state index in [-0.39, 0.29) is 10.9 Å². The van der Waals surface area contributed by atoms with Gasteiger partial charge in [-0.2, -0.15) is 9.37 Å². The summed E-state index contributed by atoms with van der Waals surface area (Å²) in [6, 6.07) is 1.24. The molecule has 2 aromatic rings. The van der Waals surface area contributed by atoms with Crippen LogP contribution in [0.2, 0.25) is 5.15 Å².